The molecule has 1 aromatic heterocycles. The molecule has 5 heteroatoms. The highest BCUT2D eigenvalue weighted by Gasteiger charge is 2.23. The first kappa shape index (κ1) is 11.9. The highest BCUT2D eigenvalue weighted by atomic mass is 35.5. The van der Waals surface area contributed by atoms with Gasteiger partial charge in [0.2, 0.25) is 0 Å². The van der Waals surface area contributed by atoms with Crippen molar-refractivity contribution in [2.45, 2.75) is 19.8 Å². The third-order valence-electron chi connectivity index (χ3n) is 3.03. The molecular weight excluding hydrogens is 244 g/mol. The third kappa shape index (κ3) is 2.38. The second-order valence-corrected chi connectivity index (χ2v) is 5.18. The van der Waals surface area contributed by atoms with Crippen LogP contribution in [0.1, 0.15) is 30.3 Å². The summed E-state index contributed by atoms with van der Waals surface area (Å²) in [6, 6.07) is 0. The maximum Gasteiger partial charge on any atom is 0.196 e. The Kier molecular flexibility index (Phi) is 3.82. The van der Waals surface area contributed by atoms with Crippen molar-refractivity contribution in [1.29, 1.82) is 0 Å². The first-order valence-corrected chi connectivity index (χ1v) is 6.95. The Morgan fingerprint density at radius 1 is 1.75 bits per heavy atom. The van der Waals surface area contributed by atoms with Gasteiger partial charge in [-0.25, -0.2) is 4.98 Å². The van der Waals surface area contributed by atoms with E-state index in [2.05, 4.69) is 16.8 Å². The minimum absolute atomic E-state index is 0.0146. The van der Waals surface area contributed by atoms with Crippen molar-refractivity contribution in [1.82, 2.24) is 4.98 Å². The Bertz CT molecular complexity index is 380. The molecule has 0 radical (unpaired) electrons. The first-order valence-electron chi connectivity index (χ1n) is 5.54. The molecule has 0 bridgehead atoms. The number of nitrogens with zero attached hydrogens (tertiary/aromatic N) is 2. The molecular formula is C11H15ClN2OS. The van der Waals surface area contributed by atoms with Crippen LogP contribution in [0.3, 0.4) is 0 Å². The van der Waals surface area contributed by atoms with E-state index in [1.165, 1.54) is 24.2 Å². The standard InChI is InChI=1S/C11H15ClN2OS/c1-2-8-3-4-14(6-8)11-13-9(7-16-11)10(15)5-12/h7-8H,2-6H2,1H3. The second-order valence-electron chi connectivity index (χ2n) is 4.08. The van der Waals surface area contributed by atoms with E-state index in [-0.39, 0.29) is 11.7 Å². The number of thiazole rings is 1. The van der Waals surface area contributed by atoms with Crippen molar-refractivity contribution in [2.75, 3.05) is 23.9 Å². The fourth-order valence-electron chi connectivity index (χ4n) is 1.95. The number of anilines is 1. The average Bonchev–Trinajstić information content (AvgIpc) is 2.95. The lowest BCUT2D eigenvalue weighted by atomic mass is 10.1. The predicted octanol–water partition coefficient (Wildman–Crippen LogP) is 2.80. The van der Waals surface area contributed by atoms with Gasteiger partial charge in [-0.15, -0.1) is 22.9 Å². The van der Waals surface area contributed by atoms with Gasteiger partial charge in [0.1, 0.15) is 5.69 Å². The summed E-state index contributed by atoms with van der Waals surface area (Å²) < 4.78 is 0. The van der Waals surface area contributed by atoms with Gasteiger partial charge in [-0.3, -0.25) is 4.79 Å². The van der Waals surface area contributed by atoms with Crippen LogP contribution < -0.4 is 4.90 Å². The summed E-state index contributed by atoms with van der Waals surface area (Å²) in [6.45, 7) is 4.34. The Morgan fingerprint density at radius 2 is 2.56 bits per heavy atom. The van der Waals surface area contributed by atoms with Gasteiger partial charge in [-0.2, -0.15) is 0 Å². The van der Waals surface area contributed by atoms with E-state index >= 15 is 0 Å². The fourth-order valence-corrected chi connectivity index (χ4v) is 2.95. The minimum Gasteiger partial charge on any atom is -0.348 e. The quantitative estimate of drug-likeness (QED) is 0.615. The normalized spacial score (nSPS) is 20.4. The van der Waals surface area contributed by atoms with Crippen LogP contribution in [0.2, 0.25) is 0 Å². The number of carbonyl (C=O) groups is 1. The van der Waals surface area contributed by atoms with Crippen LogP contribution >= 0.6 is 22.9 Å². The molecule has 1 aliphatic heterocycles. The summed E-state index contributed by atoms with van der Waals surface area (Å²) in [6.07, 6.45) is 2.45. The summed E-state index contributed by atoms with van der Waals surface area (Å²) >= 11 is 7.04. The van der Waals surface area contributed by atoms with E-state index in [0.717, 1.165) is 24.1 Å². The van der Waals surface area contributed by atoms with E-state index in [1.807, 2.05) is 0 Å². The van der Waals surface area contributed by atoms with Crippen LogP contribution in [0.25, 0.3) is 0 Å². The second kappa shape index (κ2) is 5.15. The van der Waals surface area contributed by atoms with Gasteiger partial charge in [-0.05, 0) is 12.3 Å². The number of rotatable bonds is 4. The maximum atomic E-state index is 11.4. The maximum absolute atomic E-state index is 11.4. The van der Waals surface area contributed by atoms with Crippen molar-refractivity contribution in [3.63, 3.8) is 0 Å². The zero-order chi connectivity index (χ0) is 11.5. The number of carbonyl (C=O) groups excluding carboxylic acids is 1. The smallest absolute Gasteiger partial charge is 0.196 e. The molecule has 2 rings (SSSR count). The molecule has 0 aliphatic carbocycles. The molecule has 0 amide bonds. The number of Topliss-reactive ketones (excluding diaryl/α,β-unsaturated/α-hetero) is 1. The lowest BCUT2D eigenvalue weighted by Gasteiger charge is -2.13. The van der Waals surface area contributed by atoms with Crippen molar-refractivity contribution in [3.8, 4) is 0 Å². The van der Waals surface area contributed by atoms with Crippen LogP contribution in [-0.4, -0.2) is 29.7 Å². The van der Waals surface area contributed by atoms with Gasteiger partial charge < -0.3 is 4.90 Å². The lowest BCUT2D eigenvalue weighted by Crippen LogP contribution is -2.19. The van der Waals surface area contributed by atoms with E-state index < -0.39 is 0 Å². The molecule has 1 atom stereocenters. The van der Waals surface area contributed by atoms with Crippen LogP contribution in [0.5, 0.6) is 0 Å². The molecule has 1 aliphatic rings. The molecule has 1 unspecified atom stereocenters. The summed E-state index contributed by atoms with van der Waals surface area (Å²) in [4.78, 5) is 18.0. The molecule has 1 fully saturated rings. The highest BCUT2D eigenvalue weighted by Crippen LogP contribution is 2.28. The Balaban J connectivity index is 2.05. The SMILES string of the molecule is CCC1CCN(c2nc(C(=O)CCl)cs2)C1. The van der Waals surface area contributed by atoms with Gasteiger partial charge in [0.05, 0.1) is 5.88 Å². The van der Waals surface area contributed by atoms with Gasteiger partial charge >= 0.3 is 0 Å². The monoisotopic (exact) mass is 258 g/mol. The number of aromatic nitrogens is 1. The predicted molar refractivity (Wildman–Crippen MR) is 67.8 cm³/mol. The zero-order valence-corrected chi connectivity index (χ0v) is 10.9. The summed E-state index contributed by atoms with van der Waals surface area (Å²) in [5.41, 5.74) is 0.509. The van der Waals surface area contributed by atoms with Gasteiger partial charge in [0.15, 0.2) is 10.9 Å². The molecule has 0 spiro atoms. The Labute approximate surface area is 104 Å². The van der Waals surface area contributed by atoms with Crippen molar-refractivity contribution < 1.29 is 4.79 Å². The summed E-state index contributed by atoms with van der Waals surface area (Å²) in [5.74, 6) is 0.701. The lowest BCUT2D eigenvalue weighted by molar-refractivity contribution is 0.101. The Morgan fingerprint density at radius 3 is 3.19 bits per heavy atom. The van der Waals surface area contributed by atoms with Crippen LogP contribution in [0, 0.1) is 5.92 Å². The number of ketones is 1. The number of hydrogen-bond acceptors (Lipinski definition) is 4. The first-order chi connectivity index (χ1) is 7.74. The van der Waals surface area contributed by atoms with E-state index in [0.29, 0.717) is 5.69 Å². The molecule has 3 nitrogen and oxygen atoms in total. The van der Waals surface area contributed by atoms with Gasteiger partial charge in [-0.1, -0.05) is 13.3 Å². The number of alkyl halides is 1. The van der Waals surface area contributed by atoms with Gasteiger partial charge in [0.25, 0.3) is 0 Å². The van der Waals surface area contributed by atoms with Crippen molar-refractivity contribution >= 4 is 33.9 Å². The van der Waals surface area contributed by atoms with Crippen molar-refractivity contribution in [3.05, 3.63) is 11.1 Å². The van der Waals surface area contributed by atoms with Crippen LogP contribution in [-0.2, 0) is 0 Å². The average molecular weight is 259 g/mol. The number of hydrogen-bond donors (Lipinski definition) is 0. The Hall–Kier alpha value is -0.610. The molecule has 16 heavy (non-hydrogen) atoms. The van der Waals surface area contributed by atoms with Crippen molar-refractivity contribution in [2.24, 2.45) is 5.92 Å². The zero-order valence-electron chi connectivity index (χ0n) is 9.28. The number of halogens is 1. The molecule has 0 saturated carbocycles. The molecule has 88 valence electrons. The topological polar surface area (TPSA) is 33.2 Å². The minimum atomic E-state index is -0.0876. The summed E-state index contributed by atoms with van der Waals surface area (Å²) in [7, 11) is 0. The molecule has 0 N–H and O–H groups in total. The molecule has 2 heterocycles. The molecule has 0 aromatic carbocycles. The highest BCUT2D eigenvalue weighted by molar-refractivity contribution is 7.14. The molecule has 1 saturated heterocycles. The van der Waals surface area contributed by atoms with Gasteiger partial charge in [0, 0.05) is 18.5 Å². The largest absolute Gasteiger partial charge is 0.348 e. The fraction of sp³-hybridized carbons (Fsp3) is 0.636. The van der Waals surface area contributed by atoms with E-state index in [1.54, 1.807) is 5.38 Å². The van der Waals surface area contributed by atoms with E-state index in [4.69, 9.17) is 11.6 Å². The van der Waals surface area contributed by atoms with E-state index in [9.17, 15) is 4.79 Å². The van der Waals surface area contributed by atoms with Crippen LogP contribution in [0.4, 0.5) is 5.13 Å². The third-order valence-corrected chi connectivity index (χ3v) is 4.18. The van der Waals surface area contributed by atoms with Crippen LogP contribution in [0.15, 0.2) is 5.38 Å². The molecule has 1 aromatic rings. The summed E-state index contributed by atoms with van der Waals surface area (Å²) in [5, 5.41) is 2.77.